The van der Waals surface area contributed by atoms with E-state index in [0.717, 1.165) is 30.4 Å². The quantitative estimate of drug-likeness (QED) is 0.0506. The van der Waals surface area contributed by atoms with Crippen LogP contribution >= 0.6 is 11.8 Å². The lowest BCUT2D eigenvalue weighted by Crippen LogP contribution is -2.41. The van der Waals surface area contributed by atoms with E-state index in [2.05, 4.69) is 25.8 Å². The molecule has 5 rings (SSSR count). The number of piperidine rings is 1. The lowest BCUT2D eigenvalue weighted by atomic mass is 9.93. The molecular formula is C34H40F4N8O5S2. The van der Waals surface area contributed by atoms with Crippen LogP contribution in [0.15, 0.2) is 63.5 Å². The van der Waals surface area contributed by atoms with Gasteiger partial charge in [0.1, 0.15) is 11.9 Å². The number of halogens is 4. The van der Waals surface area contributed by atoms with Crippen molar-refractivity contribution in [3.8, 4) is 5.75 Å². The molecule has 286 valence electrons. The van der Waals surface area contributed by atoms with Crippen molar-refractivity contribution in [2.75, 3.05) is 37.0 Å². The Balaban J connectivity index is 1.40. The Hall–Kier alpha value is -4.49. The average Bonchev–Trinajstić information content (AvgIpc) is 3.52. The summed E-state index contributed by atoms with van der Waals surface area (Å²) in [5.41, 5.74) is 0.686. The second-order valence-corrected chi connectivity index (χ2v) is 16.7. The van der Waals surface area contributed by atoms with Gasteiger partial charge in [-0.2, -0.15) is 18.3 Å². The summed E-state index contributed by atoms with van der Waals surface area (Å²) in [6.45, 7) is 7.01. The van der Waals surface area contributed by atoms with Gasteiger partial charge in [0, 0.05) is 37.0 Å². The Kier molecular flexibility index (Phi) is 11.9. The number of ether oxygens (including phenoxy) is 1. The number of nitro benzene ring substituents is 1. The number of rotatable bonds is 14. The second-order valence-electron chi connectivity index (χ2n) is 13.2. The summed E-state index contributed by atoms with van der Waals surface area (Å²) in [6, 6.07) is 8.96. The normalized spacial score (nSPS) is 15.0. The number of non-ortho nitro benzene ring substituents is 1. The van der Waals surface area contributed by atoms with Crippen LogP contribution in [0.5, 0.6) is 5.75 Å². The lowest BCUT2D eigenvalue weighted by Gasteiger charge is -2.34. The van der Waals surface area contributed by atoms with Gasteiger partial charge in [-0.25, -0.2) is 22.8 Å². The average molecular weight is 781 g/mol. The van der Waals surface area contributed by atoms with Crippen molar-refractivity contribution in [3.63, 3.8) is 0 Å². The fraction of sp³-hybridized carbons (Fsp3) is 0.441. The molecule has 53 heavy (non-hydrogen) atoms. The lowest BCUT2D eigenvalue weighted by molar-refractivity contribution is -0.384. The molecule has 1 aliphatic rings. The number of anilines is 3. The monoisotopic (exact) mass is 780 g/mol. The van der Waals surface area contributed by atoms with Gasteiger partial charge >= 0.3 is 6.18 Å². The Morgan fingerprint density at radius 1 is 1.13 bits per heavy atom. The van der Waals surface area contributed by atoms with Crippen LogP contribution in [0, 0.1) is 28.8 Å². The van der Waals surface area contributed by atoms with Crippen LogP contribution in [0.4, 0.5) is 40.7 Å². The molecule has 1 aliphatic heterocycles. The summed E-state index contributed by atoms with van der Waals surface area (Å²) in [6.07, 6.45) is -2.35. The highest BCUT2D eigenvalue weighted by Crippen LogP contribution is 2.41. The summed E-state index contributed by atoms with van der Waals surface area (Å²) in [4.78, 5) is 21.7. The SMILES string of the molecule is COc1c(Nc2cc(C)[nH]n2)nc(Sc2ccc(S(=O)(=O)C(C)(C)c3cccc([N+](=O)[O-])c3)cc2F)nc1N1CCC(CCNC(C)C(F)(F)F)CC1. The fourth-order valence-electron chi connectivity index (χ4n) is 5.88. The summed E-state index contributed by atoms with van der Waals surface area (Å²) >= 11 is 0.869. The number of nitrogens with one attached hydrogen (secondary N) is 3. The number of aromatic amines is 1. The van der Waals surface area contributed by atoms with Crippen LogP contribution in [-0.2, 0) is 14.6 Å². The molecule has 0 saturated carbocycles. The molecule has 0 radical (unpaired) electrons. The molecule has 0 aliphatic carbocycles. The van der Waals surface area contributed by atoms with Crippen molar-refractivity contribution < 1.29 is 35.6 Å². The van der Waals surface area contributed by atoms with Crippen LogP contribution in [0.1, 0.15) is 51.3 Å². The maximum Gasteiger partial charge on any atom is 0.403 e. The van der Waals surface area contributed by atoms with E-state index >= 15 is 4.39 Å². The Morgan fingerprint density at radius 2 is 1.85 bits per heavy atom. The molecule has 3 N–H and O–H groups in total. The number of H-pyrrole nitrogens is 1. The molecule has 1 fully saturated rings. The van der Waals surface area contributed by atoms with Crippen molar-refractivity contribution in [1.82, 2.24) is 25.5 Å². The van der Waals surface area contributed by atoms with Crippen LogP contribution in [0.25, 0.3) is 0 Å². The maximum absolute atomic E-state index is 15.8. The van der Waals surface area contributed by atoms with Crippen molar-refractivity contribution in [2.24, 2.45) is 5.92 Å². The van der Waals surface area contributed by atoms with Crippen molar-refractivity contribution in [2.45, 2.75) is 78.9 Å². The second kappa shape index (κ2) is 15.9. The molecule has 1 atom stereocenters. The van der Waals surface area contributed by atoms with E-state index in [1.165, 1.54) is 57.4 Å². The molecule has 0 bridgehead atoms. The highest BCUT2D eigenvalue weighted by atomic mass is 32.2. The first-order chi connectivity index (χ1) is 24.9. The van der Waals surface area contributed by atoms with Crippen molar-refractivity contribution >= 4 is 44.7 Å². The van der Waals surface area contributed by atoms with Gasteiger partial charge in [-0.05, 0) is 94.9 Å². The van der Waals surface area contributed by atoms with Gasteiger partial charge in [0.2, 0.25) is 5.75 Å². The van der Waals surface area contributed by atoms with Gasteiger partial charge < -0.3 is 20.3 Å². The number of alkyl halides is 3. The minimum atomic E-state index is -4.31. The number of benzene rings is 2. The van der Waals surface area contributed by atoms with Crippen LogP contribution in [-0.4, -0.2) is 72.5 Å². The van der Waals surface area contributed by atoms with Crippen LogP contribution in [0.2, 0.25) is 0 Å². The van der Waals surface area contributed by atoms with E-state index < -0.39 is 37.5 Å². The largest absolute Gasteiger partial charge is 0.490 e. The van der Waals surface area contributed by atoms with Gasteiger partial charge in [0.25, 0.3) is 5.69 Å². The van der Waals surface area contributed by atoms with E-state index in [9.17, 15) is 31.7 Å². The zero-order valence-corrected chi connectivity index (χ0v) is 31.3. The Labute approximate surface area is 308 Å². The first-order valence-corrected chi connectivity index (χ1v) is 19.0. The van der Waals surface area contributed by atoms with Crippen molar-refractivity contribution in [3.05, 3.63) is 75.7 Å². The molecule has 1 unspecified atom stereocenters. The number of nitro groups is 1. The molecule has 13 nitrogen and oxygen atoms in total. The molecule has 2 aromatic heterocycles. The first kappa shape index (κ1) is 39.7. The predicted molar refractivity (Wildman–Crippen MR) is 192 cm³/mol. The Morgan fingerprint density at radius 3 is 2.45 bits per heavy atom. The minimum absolute atomic E-state index is 0.0362. The molecule has 3 heterocycles. The van der Waals surface area contributed by atoms with E-state index in [4.69, 9.17) is 9.72 Å². The number of hydrogen-bond acceptors (Lipinski definition) is 12. The summed E-state index contributed by atoms with van der Waals surface area (Å²) in [5.74, 6) is 0.750. The number of hydrogen-bond donors (Lipinski definition) is 3. The number of sulfone groups is 1. The number of methoxy groups -OCH3 is 1. The fourth-order valence-corrected chi connectivity index (χ4v) is 8.17. The molecular weight excluding hydrogens is 741 g/mol. The molecule has 4 aromatic rings. The van der Waals surface area contributed by atoms with E-state index in [-0.39, 0.29) is 44.5 Å². The summed E-state index contributed by atoms with van der Waals surface area (Å²) < 4.78 is 86.2. The number of aryl methyl sites for hydroxylation is 1. The smallest absolute Gasteiger partial charge is 0.403 e. The molecule has 19 heteroatoms. The summed E-state index contributed by atoms with van der Waals surface area (Å²) in [7, 11) is -2.77. The van der Waals surface area contributed by atoms with Gasteiger partial charge in [-0.1, -0.05) is 12.1 Å². The van der Waals surface area contributed by atoms with E-state index in [0.29, 0.717) is 49.7 Å². The van der Waals surface area contributed by atoms with Gasteiger partial charge in [-0.3, -0.25) is 15.2 Å². The van der Waals surface area contributed by atoms with Gasteiger partial charge in [0.05, 0.1) is 26.6 Å². The van der Waals surface area contributed by atoms with Gasteiger partial charge in [-0.15, -0.1) is 0 Å². The zero-order valence-electron chi connectivity index (χ0n) is 29.6. The highest BCUT2D eigenvalue weighted by molar-refractivity contribution is 7.99. The minimum Gasteiger partial charge on any atom is -0.490 e. The third-order valence-electron chi connectivity index (χ3n) is 9.23. The maximum atomic E-state index is 15.8. The van der Waals surface area contributed by atoms with Crippen LogP contribution < -0.4 is 20.3 Å². The third kappa shape index (κ3) is 9.01. The topological polar surface area (TPSA) is 168 Å². The molecule has 2 aromatic carbocycles. The summed E-state index contributed by atoms with van der Waals surface area (Å²) in [5, 5.41) is 24.2. The van der Waals surface area contributed by atoms with Crippen molar-refractivity contribution in [1.29, 1.82) is 0 Å². The molecule has 0 amide bonds. The van der Waals surface area contributed by atoms with Gasteiger partial charge in [0.15, 0.2) is 32.4 Å². The number of aromatic nitrogens is 4. The molecule has 1 saturated heterocycles. The van der Waals surface area contributed by atoms with E-state index in [1.807, 2.05) is 11.8 Å². The number of nitrogens with zero attached hydrogens (tertiary/aromatic N) is 5. The van der Waals surface area contributed by atoms with E-state index in [1.54, 1.807) is 6.07 Å². The third-order valence-corrected chi connectivity index (χ3v) is 12.6. The zero-order chi connectivity index (χ0) is 38.7. The first-order valence-electron chi connectivity index (χ1n) is 16.7. The standard InChI is InChI=1S/C34H40F4N8O5S2/c1-20-17-28(44-43-20)40-30-29(51-5)31(45-15-12-22(13-16-45)11-14-39-21(2)34(36,37)38)42-32(41-30)52-27-10-9-25(19-26(27)35)53(49,50)33(3,4)23-7-6-8-24(18-23)46(47)48/h6-10,17-19,21-22,39H,11-16H2,1-5H3,(H2,40,41,42,43,44). The molecule has 0 spiro atoms. The predicted octanol–water partition coefficient (Wildman–Crippen LogP) is 7.31. The Bertz CT molecular complexity index is 2050. The highest BCUT2D eigenvalue weighted by Gasteiger charge is 2.39. The van der Waals surface area contributed by atoms with Crippen LogP contribution in [0.3, 0.4) is 0 Å².